The van der Waals surface area contributed by atoms with Crippen molar-refractivity contribution >= 4 is 11.9 Å². The molecule has 134 valence electrons. The summed E-state index contributed by atoms with van der Waals surface area (Å²) in [5.41, 5.74) is -0.545. The van der Waals surface area contributed by atoms with Gasteiger partial charge in [-0.3, -0.25) is 14.8 Å². The minimum atomic E-state index is -0.545. The predicted molar refractivity (Wildman–Crippen MR) is 88.1 cm³/mol. The van der Waals surface area contributed by atoms with Gasteiger partial charge in [0.25, 0.3) is 0 Å². The third-order valence-electron chi connectivity index (χ3n) is 3.80. The van der Waals surface area contributed by atoms with Crippen LogP contribution in [0.15, 0.2) is 0 Å². The van der Waals surface area contributed by atoms with E-state index in [4.69, 9.17) is 4.74 Å². The number of carbonyl (C=O) groups excluding carboxylic acids is 2. The number of amides is 1. The van der Waals surface area contributed by atoms with Crippen LogP contribution in [0.25, 0.3) is 0 Å². The molecule has 1 aliphatic rings. The molecule has 0 radical (unpaired) electrons. The average molecular weight is 328 g/mol. The lowest BCUT2D eigenvalue weighted by molar-refractivity contribution is -0.170. The third kappa shape index (κ3) is 9.56. The van der Waals surface area contributed by atoms with Gasteiger partial charge >= 0.3 is 5.97 Å². The van der Waals surface area contributed by atoms with Crippen molar-refractivity contribution < 1.29 is 19.5 Å². The summed E-state index contributed by atoms with van der Waals surface area (Å²) in [5, 5.41) is 10.3. The number of carbonyl (C=O) groups is 2. The third-order valence-corrected chi connectivity index (χ3v) is 3.80. The van der Waals surface area contributed by atoms with Gasteiger partial charge in [0.05, 0.1) is 13.0 Å². The molecule has 6 heteroatoms. The molecule has 1 N–H and O–H groups in total. The number of hydroxylamine groups is 2. The van der Waals surface area contributed by atoms with Gasteiger partial charge in [-0.1, -0.05) is 6.42 Å². The molecule has 0 atom stereocenters. The number of likely N-dealkylation sites (tertiary alicyclic amines) is 1. The molecule has 0 saturated carbocycles. The van der Waals surface area contributed by atoms with Crippen molar-refractivity contribution in [3.05, 3.63) is 0 Å². The largest absolute Gasteiger partial charge is 0.460 e. The van der Waals surface area contributed by atoms with Crippen molar-refractivity contribution in [2.75, 3.05) is 26.2 Å². The van der Waals surface area contributed by atoms with Gasteiger partial charge in [0, 0.05) is 6.42 Å². The lowest BCUT2D eigenvalue weighted by Crippen LogP contribution is -2.31. The molecule has 1 fully saturated rings. The quantitative estimate of drug-likeness (QED) is 0.305. The van der Waals surface area contributed by atoms with E-state index in [1.807, 2.05) is 0 Å². The zero-order valence-corrected chi connectivity index (χ0v) is 14.8. The first-order valence-corrected chi connectivity index (χ1v) is 8.71. The van der Waals surface area contributed by atoms with E-state index in [1.165, 1.54) is 25.9 Å². The first-order chi connectivity index (χ1) is 10.8. The maximum atomic E-state index is 11.8. The minimum absolute atomic E-state index is 0.00840. The van der Waals surface area contributed by atoms with Gasteiger partial charge in [-0.05, 0) is 66.1 Å². The number of unbranched alkanes of at least 4 members (excludes halogenated alkanes) is 2. The average Bonchev–Trinajstić information content (AvgIpc) is 2.95. The Bertz CT molecular complexity index is 373. The lowest BCUT2D eigenvalue weighted by atomic mass is 10.2. The summed E-state index contributed by atoms with van der Waals surface area (Å²) in [4.78, 5) is 25.8. The molecule has 0 aromatic rings. The maximum absolute atomic E-state index is 11.8. The summed E-state index contributed by atoms with van der Waals surface area (Å²) < 4.78 is 5.14. The van der Waals surface area contributed by atoms with Crippen LogP contribution in [0.1, 0.15) is 65.7 Å². The summed E-state index contributed by atoms with van der Waals surface area (Å²) in [6.07, 6.45) is 5.79. The fourth-order valence-electron chi connectivity index (χ4n) is 2.64. The molecule has 1 saturated heterocycles. The standard InChI is InChI=1S/C17H32N2O4/c1-17(2,3)23-16(21)10-14-19(22)15(20)9-5-4-6-11-18-12-7-8-13-18/h22H,4-14H2,1-3H3. The van der Waals surface area contributed by atoms with E-state index in [9.17, 15) is 14.8 Å². The number of hydrogen-bond acceptors (Lipinski definition) is 5. The van der Waals surface area contributed by atoms with Crippen molar-refractivity contribution in [2.45, 2.75) is 71.3 Å². The van der Waals surface area contributed by atoms with Crippen LogP contribution >= 0.6 is 0 Å². The summed E-state index contributed by atoms with van der Waals surface area (Å²) in [5.74, 6) is -0.732. The molecule has 1 heterocycles. The van der Waals surface area contributed by atoms with E-state index in [0.717, 1.165) is 25.8 Å². The molecule has 0 aliphatic carbocycles. The number of nitrogens with zero attached hydrogens (tertiary/aromatic N) is 2. The number of esters is 1. The zero-order valence-electron chi connectivity index (χ0n) is 14.8. The first kappa shape index (κ1) is 19.9. The Kier molecular flexibility index (Phi) is 8.55. The SMILES string of the molecule is CC(C)(C)OC(=O)CCN(O)C(=O)CCCCCN1CCCC1. The minimum Gasteiger partial charge on any atom is -0.460 e. The van der Waals surface area contributed by atoms with Crippen molar-refractivity contribution in [1.82, 2.24) is 9.96 Å². The van der Waals surface area contributed by atoms with Gasteiger partial charge in [0.15, 0.2) is 0 Å². The van der Waals surface area contributed by atoms with Crippen molar-refractivity contribution in [3.63, 3.8) is 0 Å². The second-order valence-corrected chi connectivity index (χ2v) is 7.21. The van der Waals surface area contributed by atoms with E-state index in [2.05, 4.69) is 4.90 Å². The van der Waals surface area contributed by atoms with Gasteiger partial charge in [-0.15, -0.1) is 0 Å². The molecule has 0 bridgehead atoms. The van der Waals surface area contributed by atoms with E-state index in [-0.39, 0.29) is 18.9 Å². The molecular weight excluding hydrogens is 296 g/mol. The Morgan fingerprint density at radius 1 is 1.09 bits per heavy atom. The first-order valence-electron chi connectivity index (χ1n) is 8.71. The van der Waals surface area contributed by atoms with Crippen LogP contribution in [0.5, 0.6) is 0 Å². The molecule has 6 nitrogen and oxygen atoms in total. The van der Waals surface area contributed by atoms with Gasteiger partial charge in [0.1, 0.15) is 5.60 Å². The molecule has 0 unspecified atom stereocenters. The molecule has 1 aliphatic heterocycles. The van der Waals surface area contributed by atoms with Crippen LogP contribution in [0.3, 0.4) is 0 Å². The van der Waals surface area contributed by atoms with Crippen molar-refractivity contribution in [2.24, 2.45) is 0 Å². The monoisotopic (exact) mass is 328 g/mol. The highest BCUT2D eigenvalue weighted by Crippen LogP contribution is 2.11. The molecule has 0 aromatic carbocycles. The van der Waals surface area contributed by atoms with Crippen LogP contribution in [0, 0.1) is 0 Å². The molecule has 1 rings (SSSR count). The van der Waals surface area contributed by atoms with Gasteiger partial charge < -0.3 is 9.64 Å². The van der Waals surface area contributed by atoms with Gasteiger partial charge in [-0.25, -0.2) is 5.06 Å². The van der Waals surface area contributed by atoms with Crippen molar-refractivity contribution in [3.8, 4) is 0 Å². The topological polar surface area (TPSA) is 70.1 Å². The summed E-state index contributed by atoms with van der Waals surface area (Å²) >= 11 is 0. The highest BCUT2D eigenvalue weighted by Gasteiger charge is 2.18. The Morgan fingerprint density at radius 2 is 1.74 bits per heavy atom. The van der Waals surface area contributed by atoms with Gasteiger partial charge in [0.2, 0.25) is 5.91 Å². The van der Waals surface area contributed by atoms with Crippen LogP contribution in [0.4, 0.5) is 0 Å². The Labute approximate surface area is 139 Å². The fraction of sp³-hybridized carbons (Fsp3) is 0.882. The Morgan fingerprint density at radius 3 is 2.35 bits per heavy atom. The highest BCUT2D eigenvalue weighted by atomic mass is 16.6. The number of rotatable bonds is 9. The van der Waals surface area contributed by atoms with E-state index >= 15 is 0 Å². The molecule has 0 spiro atoms. The van der Waals surface area contributed by atoms with Crippen LogP contribution in [-0.2, 0) is 14.3 Å². The van der Waals surface area contributed by atoms with Gasteiger partial charge in [-0.2, -0.15) is 0 Å². The fourth-order valence-corrected chi connectivity index (χ4v) is 2.64. The summed E-state index contributed by atoms with van der Waals surface area (Å²) in [6, 6.07) is 0. The van der Waals surface area contributed by atoms with Crippen LogP contribution in [0.2, 0.25) is 0 Å². The summed E-state index contributed by atoms with van der Waals surface area (Å²) in [7, 11) is 0. The Balaban J connectivity index is 2.05. The molecular formula is C17H32N2O4. The number of ether oxygens (including phenoxy) is 1. The lowest BCUT2D eigenvalue weighted by Gasteiger charge is -2.20. The van der Waals surface area contributed by atoms with E-state index in [1.54, 1.807) is 20.8 Å². The zero-order chi connectivity index (χ0) is 17.3. The van der Waals surface area contributed by atoms with E-state index in [0.29, 0.717) is 11.5 Å². The van der Waals surface area contributed by atoms with Crippen LogP contribution in [-0.4, -0.2) is 58.8 Å². The van der Waals surface area contributed by atoms with Crippen molar-refractivity contribution in [1.29, 1.82) is 0 Å². The second kappa shape index (κ2) is 9.88. The van der Waals surface area contributed by atoms with E-state index < -0.39 is 11.6 Å². The Hall–Kier alpha value is -1.14. The molecule has 1 amide bonds. The smallest absolute Gasteiger partial charge is 0.308 e. The highest BCUT2D eigenvalue weighted by molar-refractivity contribution is 5.76. The normalized spacial score (nSPS) is 15.7. The maximum Gasteiger partial charge on any atom is 0.308 e. The van der Waals surface area contributed by atoms with Crippen LogP contribution < -0.4 is 0 Å². The number of hydrogen-bond donors (Lipinski definition) is 1. The molecule has 23 heavy (non-hydrogen) atoms. The second-order valence-electron chi connectivity index (χ2n) is 7.21. The summed E-state index contributed by atoms with van der Waals surface area (Å²) in [6.45, 7) is 8.86. The predicted octanol–water partition coefficient (Wildman–Crippen LogP) is 2.59. The molecule has 0 aromatic heterocycles.